The first-order valence-electron chi connectivity index (χ1n) is 12.9. The zero-order valence-corrected chi connectivity index (χ0v) is 24.4. The van der Waals surface area contributed by atoms with Gasteiger partial charge in [0.2, 0.25) is 0 Å². The number of amides is 1. The van der Waals surface area contributed by atoms with Gasteiger partial charge in [-0.05, 0) is 63.1 Å². The van der Waals surface area contributed by atoms with Crippen LogP contribution in [0.15, 0.2) is 48.8 Å². The highest BCUT2D eigenvalue weighted by molar-refractivity contribution is 6.34. The van der Waals surface area contributed by atoms with Crippen LogP contribution in [-0.4, -0.2) is 67.9 Å². The van der Waals surface area contributed by atoms with Crippen LogP contribution in [0.25, 0.3) is 11.1 Å². The molecule has 0 atom stereocenters. The summed E-state index contributed by atoms with van der Waals surface area (Å²) < 4.78 is 22.4. The lowest BCUT2D eigenvalue weighted by Crippen LogP contribution is -2.50. The summed E-state index contributed by atoms with van der Waals surface area (Å²) in [5.41, 5.74) is 3.05. The maximum absolute atomic E-state index is 12.5. The highest BCUT2D eigenvalue weighted by Gasteiger charge is 2.27. The van der Waals surface area contributed by atoms with Crippen molar-refractivity contribution in [2.75, 3.05) is 45.3 Å². The van der Waals surface area contributed by atoms with E-state index in [-0.39, 0.29) is 22.4 Å². The molecule has 40 heavy (non-hydrogen) atoms. The summed E-state index contributed by atoms with van der Waals surface area (Å²) in [7, 11) is 2.92. The van der Waals surface area contributed by atoms with Gasteiger partial charge in [0.1, 0.15) is 22.7 Å². The zero-order chi connectivity index (χ0) is 29.0. The van der Waals surface area contributed by atoms with E-state index in [1.54, 1.807) is 42.6 Å². The van der Waals surface area contributed by atoms with Crippen molar-refractivity contribution in [2.24, 2.45) is 0 Å². The number of hydrogen-bond donors (Lipinski definition) is 0. The van der Waals surface area contributed by atoms with Gasteiger partial charge >= 0.3 is 12.1 Å². The molecule has 3 aromatic rings. The molecule has 212 valence electrons. The maximum atomic E-state index is 12.5. The Bertz CT molecular complexity index is 1400. The molecule has 9 nitrogen and oxygen atoms in total. The molecule has 0 aliphatic carbocycles. The van der Waals surface area contributed by atoms with Crippen LogP contribution in [0.1, 0.15) is 36.7 Å². The van der Waals surface area contributed by atoms with E-state index >= 15 is 0 Å². The molecule has 0 bridgehead atoms. The average Bonchev–Trinajstić information content (AvgIpc) is 2.92. The molecule has 4 rings (SSSR count). The minimum atomic E-state index is -0.597. The first kappa shape index (κ1) is 29.0. The fourth-order valence-corrected chi connectivity index (χ4v) is 4.79. The van der Waals surface area contributed by atoms with Gasteiger partial charge in [-0.15, -0.1) is 0 Å². The van der Waals surface area contributed by atoms with E-state index in [1.807, 2.05) is 45.9 Å². The Morgan fingerprint density at radius 1 is 0.950 bits per heavy atom. The van der Waals surface area contributed by atoms with Crippen LogP contribution >= 0.6 is 11.6 Å². The number of halogens is 1. The number of ether oxygens (including phenoxy) is 4. The molecule has 1 saturated heterocycles. The lowest BCUT2D eigenvalue weighted by atomic mass is 10.0. The van der Waals surface area contributed by atoms with E-state index in [0.29, 0.717) is 37.7 Å². The highest BCUT2D eigenvalue weighted by Crippen LogP contribution is 2.41. The lowest BCUT2D eigenvalue weighted by molar-refractivity contribution is 0.0240. The predicted octanol–water partition coefficient (Wildman–Crippen LogP) is 6.36. The summed E-state index contributed by atoms with van der Waals surface area (Å²) in [5, 5.41) is 0.226. The summed E-state index contributed by atoms with van der Waals surface area (Å²) >= 11 is 6.30. The Morgan fingerprint density at radius 2 is 1.68 bits per heavy atom. The van der Waals surface area contributed by atoms with Crippen LogP contribution in [0.3, 0.4) is 0 Å². The van der Waals surface area contributed by atoms with Gasteiger partial charge in [0.05, 0.1) is 31.1 Å². The standard InChI is InChI=1S/C30H34ClN3O6/c1-19-17-32-18-25(39-23-9-7-8-21(31)27(23)28(35)38-6)26(19)20-10-11-22(24(16-20)37-5)33-12-14-34(15-13-33)29(36)40-30(2,3)4/h7-11,16-18H,12-15H2,1-6H3. The number of rotatable bonds is 6. The van der Waals surface area contributed by atoms with Crippen LogP contribution in [-0.2, 0) is 9.47 Å². The Hall–Kier alpha value is -3.98. The number of aryl methyl sites for hydroxylation is 1. The quantitative estimate of drug-likeness (QED) is 0.318. The van der Waals surface area contributed by atoms with Crippen molar-refractivity contribution >= 4 is 29.4 Å². The van der Waals surface area contributed by atoms with E-state index in [0.717, 1.165) is 22.4 Å². The summed E-state index contributed by atoms with van der Waals surface area (Å²) in [5.74, 6) is 0.802. The molecule has 0 unspecified atom stereocenters. The third-order valence-corrected chi connectivity index (χ3v) is 6.74. The molecule has 1 amide bonds. The van der Waals surface area contributed by atoms with E-state index in [4.69, 9.17) is 30.5 Å². The second-order valence-electron chi connectivity index (χ2n) is 10.4. The Balaban J connectivity index is 1.61. The van der Waals surface area contributed by atoms with Crippen LogP contribution in [0.5, 0.6) is 17.2 Å². The largest absolute Gasteiger partial charge is 0.495 e. The Morgan fingerprint density at radius 3 is 2.33 bits per heavy atom. The number of methoxy groups -OCH3 is 2. The van der Waals surface area contributed by atoms with Gasteiger partial charge in [-0.25, -0.2) is 9.59 Å². The number of benzene rings is 2. The third kappa shape index (κ3) is 6.42. The molecular formula is C30H34ClN3O6. The molecule has 0 radical (unpaired) electrons. The van der Waals surface area contributed by atoms with Crippen molar-refractivity contribution in [3.8, 4) is 28.4 Å². The summed E-state index contributed by atoms with van der Waals surface area (Å²) in [6.07, 6.45) is 3.04. The van der Waals surface area contributed by atoms with E-state index in [9.17, 15) is 9.59 Å². The van der Waals surface area contributed by atoms with Gasteiger partial charge < -0.3 is 28.7 Å². The number of carbonyl (C=O) groups is 2. The summed E-state index contributed by atoms with van der Waals surface area (Å²) in [6.45, 7) is 9.90. The zero-order valence-electron chi connectivity index (χ0n) is 23.6. The number of nitrogens with zero attached hydrogens (tertiary/aromatic N) is 3. The third-order valence-electron chi connectivity index (χ3n) is 6.43. The first-order valence-corrected chi connectivity index (χ1v) is 13.3. The van der Waals surface area contributed by atoms with E-state index in [2.05, 4.69) is 9.88 Å². The first-order chi connectivity index (χ1) is 19.0. The number of anilines is 1. The highest BCUT2D eigenvalue weighted by atomic mass is 35.5. The molecule has 2 heterocycles. The molecule has 0 N–H and O–H groups in total. The van der Waals surface area contributed by atoms with Crippen molar-refractivity contribution in [3.05, 3.63) is 64.9 Å². The number of hydrogen-bond acceptors (Lipinski definition) is 8. The molecule has 1 aliphatic heterocycles. The molecule has 1 aromatic heterocycles. The van der Waals surface area contributed by atoms with Crippen LogP contribution in [0.4, 0.5) is 10.5 Å². The molecular weight excluding hydrogens is 534 g/mol. The number of aromatic nitrogens is 1. The van der Waals surface area contributed by atoms with Gasteiger partial charge in [-0.2, -0.15) is 0 Å². The maximum Gasteiger partial charge on any atom is 0.410 e. The van der Waals surface area contributed by atoms with Crippen molar-refractivity contribution in [1.82, 2.24) is 9.88 Å². The van der Waals surface area contributed by atoms with Crippen LogP contribution in [0, 0.1) is 6.92 Å². The Kier molecular flexibility index (Phi) is 8.73. The normalized spacial score (nSPS) is 13.6. The second kappa shape index (κ2) is 12.0. The smallest absolute Gasteiger partial charge is 0.410 e. The van der Waals surface area contributed by atoms with Crippen LogP contribution < -0.4 is 14.4 Å². The van der Waals surface area contributed by atoms with Gasteiger partial charge in [-0.1, -0.05) is 23.7 Å². The number of pyridine rings is 1. The van der Waals surface area contributed by atoms with Gasteiger partial charge in [0, 0.05) is 37.9 Å². The average molecular weight is 568 g/mol. The van der Waals surface area contributed by atoms with Crippen molar-refractivity contribution in [3.63, 3.8) is 0 Å². The van der Waals surface area contributed by atoms with Crippen LogP contribution in [0.2, 0.25) is 5.02 Å². The van der Waals surface area contributed by atoms with Gasteiger partial charge in [0.25, 0.3) is 0 Å². The predicted molar refractivity (Wildman–Crippen MR) is 154 cm³/mol. The molecule has 0 spiro atoms. The lowest BCUT2D eigenvalue weighted by Gasteiger charge is -2.37. The number of piperazine rings is 1. The summed E-state index contributed by atoms with van der Waals surface area (Å²) in [4.78, 5) is 33.1. The minimum absolute atomic E-state index is 0.137. The fourth-order valence-electron chi connectivity index (χ4n) is 4.55. The van der Waals surface area contributed by atoms with Crippen molar-refractivity contribution < 1.29 is 28.5 Å². The fraction of sp³-hybridized carbons (Fsp3) is 0.367. The topological polar surface area (TPSA) is 90.4 Å². The summed E-state index contributed by atoms with van der Waals surface area (Å²) in [6, 6.07) is 10.9. The SMILES string of the molecule is COC(=O)c1c(Cl)cccc1Oc1cncc(C)c1-c1ccc(N2CCN(C(=O)OC(C)(C)C)CC2)c(OC)c1. The molecule has 0 saturated carbocycles. The van der Waals surface area contributed by atoms with E-state index in [1.165, 1.54) is 7.11 Å². The Labute approximate surface area is 239 Å². The molecule has 1 fully saturated rings. The van der Waals surface area contributed by atoms with Gasteiger partial charge in [-0.3, -0.25) is 4.98 Å². The monoisotopic (exact) mass is 567 g/mol. The van der Waals surface area contributed by atoms with Crippen molar-refractivity contribution in [2.45, 2.75) is 33.3 Å². The van der Waals surface area contributed by atoms with Gasteiger partial charge in [0.15, 0.2) is 5.75 Å². The number of esters is 1. The minimum Gasteiger partial charge on any atom is -0.495 e. The van der Waals surface area contributed by atoms with E-state index < -0.39 is 11.6 Å². The molecule has 10 heteroatoms. The second-order valence-corrected chi connectivity index (χ2v) is 10.8. The van der Waals surface area contributed by atoms with Crippen molar-refractivity contribution in [1.29, 1.82) is 0 Å². The molecule has 2 aromatic carbocycles. The molecule has 1 aliphatic rings. The number of carbonyl (C=O) groups excluding carboxylic acids is 2.